The minimum atomic E-state index is -0.493. The van der Waals surface area contributed by atoms with Gasteiger partial charge < -0.3 is 10.2 Å². The Kier molecular flexibility index (Phi) is 6.84. The van der Waals surface area contributed by atoms with Gasteiger partial charge in [-0.3, -0.25) is 20.5 Å². The fraction of sp³-hybridized carbons (Fsp3) is 0.444. The standard InChI is InChI=1S/C27H34FN5O/c1-16(2)32-11-10-19-14-24(28)23(13-20(19)15-32)27(34)31-21-6-5-7-22(17(3)12-21)26(30)33-18(4)8-9-25(33)29/h5-7,13-14,16,18,21,29-30H,3,8-12,15H2,1-2,4H3,(H,31,34)/t18-,21?/m1/s1. The van der Waals surface area contributed by atoms with Crippen LogP contribution in [0, 0.1) is 16.6 Å². The molecule has 3 aliphatic rings. The molecule has 0 aromatic heterocycles. The quantitative estimate of drug-likeness (QED) is 0.452. The monoisotopic (exact) mass is 463 g/mol. The van der Waals surface area contributed by atoms with Crippen molar-refractivity contribution in [3.8, 4) is 0 Å². The predicted octanol–water partition coefficient (Wildman–Crippen LogP) is 4.57. The molecule has 6 nitrogen and oxygen atoms in total. The Morgan fingerprint density at radius 3 is 2.71 bits per heavy atom. The van der Waals surface area contributed by atoms with Crippen molar-refractivity contribution < 1.29 is 9.18 Å². The summed E-state index contributed by atoms with van der Waals surface area (Å²) < 4.78 is 14.8. The fourth-order valence-corrected chi connectivity index (χ4v) is 5.00. The molecule has 2 aliphatic heterocycles. The smallest absolute Gasteiger partial charge is 0.254 e. The van der Waals surface area contributed by atoms with E-state index in [2.05, 4.69) is 30.6 Å². The van der Waals surface area contributed by atoms with Crippen LogP contribution >= 0.6 is 0 Å². The first-order chi connectivity index (χ1) is 16.2. The second kappa shape index (κ2) is 9.66. The average molecular weight is 464 g/mol. The van der Waals surface area contributed by atoms with E-state index in [1.807, 2.05) is 19.1 Å². The summed E-state index contributed by atoms with van der Waals surface area (Å²) in [5.74, 6) is -0.221. The Morgan fingerprint density at radius 1 is 1.26 bits per heavy atom. The first kappa shape index (κ1) is 24.1. The van der Waals surface area contributed by atoms with Gasteiger partial charge in [-0.2, -0.15) is 0 Å². The number of likely N-dealkylation sites (tertiary alicyclic amines) is 1. The van der Waals surface area contributed by atoms with E-state index < -0.39 is 11.7 Å². The van der Waals surface area contributed by atoms with Crippen LogP contribution in [0.2, 0.25) is 0 Å². The van der Waals surface area contributed by atoms with E-state index >= 15 is 0 Å². The Hall–Kier alpha value is -3.06. The molecule has 3 N–H and O–H groups in total. The van der Waals surface area contributed by atoms with E-state index in [9.17, 15) is 9.18 Å². The second-order valence-corrected chi connectivity index (χ2v) is 9.82. The summed E-state index contributed by atoms with van der Waals surface area (Å²) in [6.45, 7) is 12.1. The minimum absolute atomic E-state index is 0.0629. The zero-order valence-electron chi connectivity index (χ0n) is 20.2. The molecule has 2 atom stereocenters. The Labute approximate surface area is 201 Å². The highest BCUT2D eigenvalue weighted by Crippen LogP contribution is 2.27. The number of amidine groups is 2. The van der Waals surface area contributed by atoms with Crippen molar-refractivity contribution in [1.29, 1.82) is 10.8 Å². The number of rotatable bonds is 4. The van der Waals surface area contributed by atoms with E-state index in [0.717, 1.165) is 30.5 Å². The van der Waals surface area contributed by atoms with Crippen LogP contribution in [-0.2, 0) is 13.0 Å². The summed E-state index contributed by atoms with van der Waals surface area (Å²) in [6.07, 6.45) is 8.19. The van der Waals surface area contributed by atoms with Crippen LogP contribution in [0.3, 0.4) is 0 Å². The van der Waals surface area contributed by atoms with E-state index in [1.165, 1.54) is 6.07 Å². The second-order valence-electron chi connectivity index (χ2n) is 9.82. The van der Waals surface area contributed by atoms with Crippen LogP contribution in [0.1, 0.15) is 61.5 Å². The molecule has 2 heterocycles. The number of carbonyl (C=O) groups is 1. The van der Waals surface area contributed by atoms with Gasteiger partial charge in [-0.1, -0.05) is 24.8 Å². The largest absolute Gasteiger partial charge is 0.345 e. The molecule has 1 saturated heterocycles. The highest BCUT2D eigenvalue weighted by Gasteiger charge is 2.31. The molecule has 180 valence electrons. The summed E-state index contributed by atoms with van der Waals surface area (Å²) in [5, 5.41) is 19.8. The summed E-state index contributed by atoms with van der Waals surface area (Å²) in [4.78, 5) is 17.1. The summed E-state index contributed by atoms with van der Waals surface area (Å²) in [6, 6.07) is 3.35. The van der Waals surface area contributed by atoms with Crippen molar-refractivity contribution in [2.24, 2.45) is 0 Å². The van der Waals surface area contributed by atoms with E-state index in [4.69, 9.17) is 10.8 Å². The highest BCUT2D eigenvalue weighted by molar-refractivity contribution is 6.10. The maximum absolute atomic E-state index is 14.8. The molecule has 1 unspecified atom stereocenters. The Balaban J connectivity index is 1.45. The lowest BCUT2D eigenvalue weighted by molar-refractivity contribution is 0.0940. The van der Waals surface area contributed by atoms with E-state index in [1.54, 1.807) is 17.0 Å². The number of hydrogen-bond acceptors (Lipinski definition) is 4. The van der Waals surface area contributed by atoms with Crippen molar-refractivity contribution in [1.82, 2.24) is 15.1 Å². The zero-order chi connectivity index (χ0) is 24.6. The van der Waals surface area contributed by atoms with Gasteiger partial charge in [0.05, 0.1) is 11.6 Å². The van der Waals surface area contributed by atoms with Crippen molar-refractivity contribution >= 4 is 17.6 Å². The summed E-state index contributed by atoms with van der Waals surface area (Å²) in [5.41, 5.74) is 3.42. The number of halogens is 1. The lowest BCUT2D eigenvalue weighted by Gasteiger charge is -2.32. The Morgan fingerprint density at radius 2 is 2.03 bits per heavy atom. The molecule has 1 aromatic carbocycles. The molecule has 0 spiro atoms. The van der Waals surface area contributed by atoms with Gasteiger partial charge in [-0.15, -0.1) is 0 Å². The normalized spacial score (nSPS) is 23.1. The molecular weight excluding hydrogens is 429 g/mol. The first-order valence-corrected chi connectivity index (χ1v) is 12.0. The van der Waals surface area contributed by atoms with Crippen molar-refractivity contribution in [2.45, 2.75) is 71.1 Å². The van der Waals surface area contributed by atoms with Crippen molar-refractivity contribution in [3.63, 3.8) is 0 Å². The molecule has 1 aliphatic carbocycles. The molecule has 1 amide bonds. The van der Waals surface area contributed by atoms with Crippen LogP contribution in [0.15, 0.2) is 48.1 Å². The predicted molar refractivity (Wildman–Crippen MR) is 134 cm³/mol. The first-order valence-electron chi connectivity index (χ1n) is 12.0. The third-order valence-corrected chi connectivity index (χ3v) is 7.10. The van der Waals surface area contributed by atoms with Gasteiger partial charge in [-0.05, 0) is 68.9 Å². The van der Waals surface area contributed by atoms with Gasteiger partial charge in [0.2, 0.25) is 0 Å². The Bertz CT molecular complexity index is 1100. The SMILES string of the molecule is C=C1CC(NC(=O)c2cc3c(cc2F)CCN(C(C)C)C3)C=CC=C1C(=N)N1C(=N)CC[C@H]1C. The maximum atomic E-state index is 14.8. The molecule has 0 bridgehead atoms. The van der Waals surface area contributed by atoms with Gasteiger partial charge >= 0.3 is 0 Å². The number of benzene rings is 1. The van der Waals surface area contributed by atoms with Gasteiger partial charge in [-0.25, -0.2) is 4.39 Å². The average Bonchev–Trinajstić information content (AvgIpc) is 3.01. The van der Waals surface area contributed by atoms with Crippen LogP contribution in [0.4, 0.5) is 4.39 Å². The molecule has 1 fully saturated rings. The topological polar surface area (TPSA) is 83.3 Å². The van der Waals surface area contributed by atoms with E-state index in [0.29, 0.717) is 42.4 Å². The van der Waals surface area contributed by atoms with Gasteiger partial charge in [0, 0.05) is 37.2 Å². The van der Waals surface area contributed by atoms with Crippen LogP contribution in [0.5, 0.6) is 0 Å². The van der Waals surface area contributed by atoms with Crippen LogP contribution in [0.25, 0.3) is 0 Å². The zero-order valence-corrected chi connectivity index (χ0v) is 20.2. The number of amides is 1. The molecule has 0 saturated carbocycles. The minimum Gasteiger partial charge on any atom is -0.345 e. The summed E-state index contributed by atoms with van der Waals surface area (Å²) in [7, 11) is 0. The van der Waals surface area contributed by atoms with Gasteiger partial charge in [0.1, 0.15) is 17.5 Å². The molecular formula is C27H34FN5O. The lowest BCUT2D eigenvalue weighted by atomic mass is 9.95. The number of hydrogen-bond donors (Lipinski definition) is 3. The fourth-order valence-electron chi connectivity index (χ4n) is 5.00. The van der Waals surface area contributed by atoms with E-state index in [-0.39, 0.29) is 23.5 Å². The van der Waals surface area contributed by atoms with Gasteiger partial charge in [0.15, 0.2) is 0 Å². The van der Waals surface area contributed by atoms with Crippen LogP contribution < -0.4 is 5.32 Å². The molecule has 7 heteroatoms. The number of allylic oxidation sites excluding steroid dienone is 2. The van der Waals surface area contributed by atoms with Crippen molar-refractivity contribution in [3.05, 3.63) is 70.6 Å². The number of nitrogens with zero attached hydrogens (tertiary/aromatic N) is 2. The van der Waals surface area contributed by atoms with Gasteiger partial charge in [0.25, 0.3) is 5.91 Å². The molecule has 0 radical (unpaired) electrons. The highest BCUT2D eigenvalue weighted by atomic mass is 19.1. The molecule has 1 aromatic rings. The van der Waals surface area contributed by atoms with Crippen molar-refractivity contribution in [2.75, 3.05) is 6.54 Å². The third-order valence-electron chi connectivity index (χ3n) is 7.10. The molecule has 4 rings (SSSR count). The van der Waals surface area contributed by atoms with Crippen LogP contribution in [-0.4, -0.2) is 52.0 Å². The number of fused-ring (bicyclic) bond motifs is 1. The lowest BCUT2D eigenvalue weighted by Crippen LogP contribution is -2.38. The number of carbonyl (C=O) groups excluding carboxylic acids is 1. The summed E-state index contributed by atoms with van der Waals surface area (Å²) >= 11 is 0. The number of nitrogens with one attached hydrogen (secondary N) is 3. The maximum Gasteiger partial charge on any atom is 0.254 e. The third kappa shape index (κ3) is 4.75. The molecule has 34 heavy (non-hydrogen) atoms.